The van der Waals surface area contributed by atoms with E-state index < -0.39 is 5.54 Å². The van der Waals surface area contributed by atoms with Crippen LogP contribution in [0.4, 0.5) is 0 Å². The molecule has 1 rings (SSSR count). The Bertz CT molecular complexity index is 224. The van der Waals surface area contributed by atoms with Gasteiger partial charge < -0.3 is 9.47 Å². The molecule has 0 aliphatic carbocycles. The van der Waals surface area contributed by atoms with E-state index >= 15 is 0 Å². The standard InChI is InChI=1S/C8H13NO3/c1-4-11-7(10)8(3)5-12-6(2)9-8/h4-5H2,1-3H3. The zero-order valence-electron chi connectivity index (χ0n) is 7.59. The largest absolute Gasteiger partial charge is 0.478 e. The van der Waals surface area contributed by atoms with Crippen molar-refractivity contribution >= 4 is 11.9 Å². The van der Waals surface area contributed by atoms with Crippen LogP contribution in [0.1, 0.15) is 20.8 Å². The minimum Gasteiger partial charge on any atom is -0.478 e. The van der Waals surface area contributed by atoms with Crippen LogP contribution in [0.2, 0.25) is 0 Å². The van der Waals surface area contributed by atoms with Gasteiger partial charge in [-0.15, -0.1) is 0 Å². The van der Waals surface area contributed by atoms with Crippen molar-refractivity contribution in [1.82, 2.24) is 0 Å². The van der Waals surface area contributed by atoms with E-state index in [4.69, 9.17) is 9.47 Å². The summed E-state index contributed by atoms with van der Waals surface area (Å²) in [4.78, 5) is 15.4. The smallest absolute Gasteiger partial charge is 0.337 e. The number of carbonyl (C=O) groups excluding carboxylic acids is 1. The lowest BCUT2D eigenvalue weighted by molar-refractivity contribution is -0.149. The Balaban J connectivity index is 2.67. The SMILES string of the molecule is CCOC(=O)C1(C)COC(C)=N1. The van der Waals surface area contributed by atoms with Crippen LogP contribution in [0.5, 0.6) is 0 Å². The van der Waals surface area contributed by atoms with Gasteiger partial charge in [0.05, 0.1) is 6.61 Å². The minimum atomic E-state index is -0.819. The molecular weight excluding hydrogens is 158 g/mol. The Morgan fingerprint density at radius 2 is 2.50 bits per heavy atom. The van der Waals surface area contributed by atoms with Gasteiger partial charge in [-0.3, -0.25) is 0 Å². The van der Waals surface area contributed by atoms with Gasteiger partial charge in [0.25, 0.3) is 0 Å². The molecule has 12 heavy (non-hydrogen) atoms. The molecule has 68 valence electrons. The summed E-state index contributed by atoms with van der Waals surface area (Å²) in [6.45, 7) is 5.88. The number of hydrogen-bond acceptors (Lipinski definition) is 4. The van der Waals surface area contributed by atoms with Crippen LogP contribution in [0.3, 0.4) is 0 Å². The summed E-state index contributed by atoms with van der Waals surface area (Å²) in [5.41, 5.74) is -0.819. The van der Waals surface area contributed by atoms with Crippen molar-refractivity contribution in [3.63, 3.8) is 0 Å². The van der Waals surface area contributed by atoms with Crippen LogP contribution in [-0.2, 0) is 14.3 Å². The van der Waals surface area contributed by atoms with Crippen LogP contribution in [0.25, 0.3) is 0 Å². The van der Waals surface area contributed by atoms with E-state index in [1.54, 1.807) is 20.8 Å². The van der Waals surface area contributed by atoms with Gasteiger partial charge in [-0.25, -0.2) is 9.79 Å². The third kappa shape index (κ3) is 1.57. The highest BCUT2D eigenvalue weighted by Crippen LogP contribution is 2.19. The zero-order chi connectivity index (χ0) is 9.19. The van der Waals surface area contributed by atoms with Gasteiger partial charge in [-0.05, 0) is 13.8 Å². The first-order valence-electron chi connectivity index (χ1n) is 3.95. The van der Waals surface area contributed by atoms with Gasteiger partial charge in [0.2, 0.25) is 0 Å². The molecule has 0 bridgehead atoms. The number of ether oxygens (including phenoxy) is 2. The van der Waals surface area contributed by atoms with Gasteiger partial charge in [-0.1, -0.05) is 0 Å². The molecule has 0 spiro atoms. The molecule has 4 heteroatoms. The van der Waals surface area contributed by atoms with E-state index in [0.29, 0.717) is 12.5 Å². The Kier molecular flexibility index (Phi) is 2.35. The lowest BCUT2D eigenvalue weighted by atomic mass is 10.1. The number of carbonyl (C=O) groups is 1. The fourth-order valence-corrected chi connectivity index (χ4v) is 1.05. The van der Waals surface area contributed by atoms with Crippen LogP contribution >= 0.6 is 0 Å². The monoisotopic (exact) mass is 171 g/mol. The molecule has 1 heterocycles. The molecule has 0 saturated carbocycles. The van der Waals surface area contributed by atoms with Gasteiger partial charge in [-0.2, -0.15) is 0 Å². The van der Waals surface area contributed by atoms with Gasteiger partial charge in [0.1, 0.15) is 6.61 Å². The second-order valence-electron chi connectivity index (χ2n) is 2.91. The zero-order valence-corrected chi connectivity index (χ0v) is 7.59. The number of aliphatic imine (C=N–C) groups is 1. The maximum atomic E-state index is 11.3. The summed E-state index contributed by atoms with van der Waals surface area (Å²) in [5.74, 6) is 0.229. The second kappa shape index (κ2) is 3.13. The lowest BCUT2D eigenvalue weighted by Gasteiger charge is -2.15. The molecule has 0 N–H and O–H groups in total. The fraction of sp³-hybridized carbons (Fsp3) is 0.750. The average molecular weight is 171 g/mol. The number of nitrogens with zero attached hydrogens (tertiary/aromatic N) is 1. The van der Waals surface area contributed by atoms with E-state index in [0.717, 1.165) is 0 Å². The molecule has 0 aromatic carbocycles. The first kappa shape index (κ1) is 9.03. The van der Waals surface area contributed by atoms with Crippen molar-refractivity contribution in [2.45, 2.75) is 26.3 Å². The molecule has 1 aliphatic rings. The summed E-state index contributed by atoms with van der Waals surface area (Å²) in [7, 11) is 0. The van der Waals surface area contributed by atoms with Crippen molar-refractivity contribution in [1.29, 1.82) is 0 Å². The molecule has 0 amide bonds. The molecular formula is C8H13NO3. The maximum absolute atomic E-state index is 11.3. The summed E-state index contributed by atoms with van der Waals surface area (Å²) >= 11 is 0. The predicted molar refractivity (Wildman–Crippen MR) is 44.1 cm³/mol. The first-order valence-corrected chi connectivity index (χ1v) is 3.95. The number of hydrogen-bond donors (Lipinski definition) is 0. The predicted octanol–water partition coefficient (Wildman–Crippen LogP) is 0.757. The van der Waals surface area contributed by atoms with E-state index in [2.05, 4.69) is 4.99 Å². The number of esters is 1. The molecule has 0 aromatic rings. The van der Waals surface area contributed by atoms with Crippen LogP contribution < -0.4 is 0 Å². The van der Waals surface area contributed by atoms with Gasteiger partial charge in [0.15, 0.2) is 11.4 Å². The molecule has 1 aliphatic heterocycles. The minimum absolute atomic E-state index is 0.289. The van der Waals surface area contributed by atoms with Crippen molar-refractivity contribution in [3.05, 3.63) is 0 Å². The van der Waals surface area contributed by atoms with E-state index in [9.17, 15) is 4.79 Å². The van der Waals surface area contributed by atoms with Crippen molar-refractivity contribution < 1.29 is 14.3 Å². The Morgan fingerprint density at radius 3 is 2.92 bits per heavy atom. The first-order chi connectivity index (χ1) is 5.58. The fourth-order valence-electron chi connectivity index (χ4n) is 1.05. The van der Waals surface area contributed by atoms with Crippen LogP contribution in [0.15, 0.2) is 4.99 Å². The Labute approximate surface area is 71.6 Å². The summed E-state index contributed by atoms with van der Waals surface area (Å²) in [5, 5.41) is 0. The summed E-state index contributed by atoms with van der Waals surface area (Å²) in [6, 6.07) is 0. The van der Waals surface area contributed by atoms with Crippen molar-refractivity contribution in [3.8, 4) is 0 Å². The third-order valence-corrected chi connectivity index (χ3v) is 1.68. The lowest BCUT2D eigenvalue weighted by Crippen LogP contribution is -2.36. The Morgan fingerprint density at radius 1 is 1.83 bits per heavy atom. The highest BCUT2D eigenvalue weighted by Gasteiger charge is 2.39. The molecule has 0 aromatic heterocycles. The average Bonchev–Trinajstić information content (AvgIpc) is 2.33. The topological polar surface area (TPSA) is 47.9 Å². The van der Waals surface area contributed by atoms with Crippen molar-refractivity contribution in [2.24, 2.45) is 4.99 Å². The van der Waals surface area contributed by atoms with Crippen LogP contribution in [0, 0.1) is 0 Å². The van der Waals surface area contributed by atoms with E-state index in [-0.39, 0.29) is 12.6 Å². The highest BCUT2D eigenvalue weighted by molar-refractivity contribution is 5.87. The van der Waals surface area contributed by atoms with E-state index in [1.165, 1.54) is 0 Å². The van der Waals surface area contributed by atoms with E-state index in [1.807, 2.05) is 0 Å². The molecule has 0 saturated heterocycles. The third-order valence-electron chi connectivity index (χ3n) is 1.68. The Hall–Kier alpha value is -1.06. The molecule has 1 unspecified atom stereocenters. The molecule has 1 atom stereocenters. The van der Waals surface area contributed by atoms with Gasteiger partial charge in [0, 0.05) is 6.92 Å². The molecule has 4 nitrogen and oxygen atoms in total. The second-order valence-corrected chi connectivity index (χ2v) is 2.91. The summed E-state index contributed by atoms with van der Waals surface area (Å²) < 4.78 is 9.94. The van der Waals surface area contributed by atoms with Crippen LogP contribution in [-0.4, -0.2) is 30.6 Å². The maximum Gasteiger partial charge on any atom is 0.337 e. The molecule has 0 radical (unpaired) electrons. The highest BCUT2D eigenvalue weighted by atomic mass is 16.5. The molecule has 0 fully saturated rings. The quantitative estimate of drug-likeness (QED) is 0.576. The van der Waals surface area contributed by atoms with Gasteiger partial charge >= 0.3 is 5.97 Å². The normalized spacial score (nSPS) is 27.8. The van der Waals surface area contributed by atoms with Crippen molar-refractivity contribution in [2.75, 3.05) is 13.2 Å². The summed E-state index contributed by atoms with van der Waals surface area (Å²) in [6.07, 6.45) is 0. The number of rotatable bonds is 2.